The summed E-state index contributed by atoms with van der Waals surface area (Å²) < 4.78 is 23.8. The van der Waals surface area contributed by atoms with Crippen molar-refractivity contribution < 1.29 is 32.9 Å². The number of carbonyl (C=O) groups is 1. The summed E-state index contributed by atoms with van der Waals surface area (Å²) in [6, 6.07) is -0.847. The van der Waals surface area contributed by atoms with Gasteiger partial charge >= 0.3 is 7.82 Å². The molecule has 0 aromatic carbocycles. The lowest BCUT2D eigenvalue weighted by Gasteiger charge is -2.25. The van der Waals surface area contributed by atoms with E-state index in [9.17, 15) is 19.4 Å². The van der Waals surface area contributed by atoms with Crippen LogP contribution in [0.5, 0.6) is 0 Å². The number of unbranched alkanes of at least 4 members (excludes halogenated alkanes) is 40. The third-order valence-electron chi connectivity index (χ3n) is 14.5. The number of quaternary nitrogens is 1. The zero-order chi connectivity index (χ0) is 54.2. The Morgan fingerprint density at radius 3 is 1.12 bits per heavy atom. The molecule has 0 aromatic heterocycles. The SMILES string of the molecule is CCCCCCC/C=C\C/C=C\C/C=C\CCCCCCCCCCCCCCCCCCCCC(=O)NC(COP(=O)(O)OCC[N+](C)(C)C)C(O)/C=C/CCCCCCCCCCCCCCCCCCC. The van der Waals surface area contributed by atoms with Crippen molar-refractivity contribution in [2.75, 3.05) is 40.9 Å². The maximum Gasteiger partial charge on any atom is 0.472 e. The summed E-state index contributed by atoms with van der Waals surface area (Å²) in [7, 11) is 1.58. The van der Waals surface area contributed by atoms with Crippen LogP contribution in [0.4, 0.5) is 0 Å². The molecule has 3 atom stereocenters. The predicted molar refractivity (Wildman–Crippen MR) is 323 cm³/mol. The Morgan fingerprint density at radius 1 is 0.459 bits per heavy atom. The Morgan fingerprint density at radius 2 is 0.770 bits per heavy atom. The zero-order valence-corrected chi connectivity index (χ0v) is 50.7. The molecule has 0 fully saturated rings. The van der Waals surface area contributed by atoms with Gasteiger partial charge in [-0.15, -0.1) is 0 Å². The van der Waals surface area contributed by atoms with Gasteiger partial charge < -0.3 is 19.8 Å². The van der Waals surface area contributed by atoms with Crippen LogP contribution >= 0.6 is 7.82 Å². The molecule has 0 spiro atoms. The smallest absolute Gasteiger partial charge is 0.387 e. The quantitative estimate of drug-likeness (QED) is 0.0243. The Hall–Kier alpha value is -1.54. The van der Waals surface area contributed by atoms with E-state index in [1.807, 2.05) is 27.2 Å². The molecule has 0 radical (unpaired) electrons. The van der Waals surface area contributed by atoms with Gasteiger partial charge in [-0.2, -0.15) is 0 Å². The maximum absolute atomic E-state index is 13.0. The molecule has 74 heavy (non-hydrogen) atoms. The first kappa shape index (κ1) is 72.5. The molecule has 3 unspecified atom stereocenters. The van der Waals surface area contributed by atoms with E-state index in [1.54, 1.807) is 6.08 Å². The molecule has 0 heterocycles. The Labute approximate surface area is 460 Å². The number of rotatable bonds is 59. The summed E-state index contributed by atoms with van der Waals surface area (Å²) in [4.78, 5) is 23.4. The Bertz CT molecular complexity index is 1340. The van der Waals surface area contributed by atoms with E-state index in [0.717, 1.165) is 51.4 Å². The molecule has 436 valence electrons. The number of phosphoric ester groups is 1. The first-order chi connectivity index (χ1) is 36.0. The molecule has 0 aliphatic carbocycles. The van der Waals surface area contributed by atoms with E-state index in [-0.39, 0.29) is 19.1 Å². The van der Waals surface area contributed by atoms with Crippen LogP contribution in [0, 0.1) is 0 Å². The van der Waals surface area contributed by atoms with Crippen LogP contribution < -0.4 is 5.32 Å². The second-order valence-corrected chi connectivity index (χ2v) is 24.6. The molecule has 0 saturated carbocycles. The fourth-order valence-electron chi connectivity index (χ4n) is 9.52. The van der Waals surface area contributed by atoms with Crippen LogP contribution in [0.2, 0.25) is 0 Å². The number of phosphoric acid groups is 1. The number of aliphatic hydroxyl groups excluding tert-OH is 1. The predicted octanol–water partition coefficient (Wildman–Crippen LogP) is 19.9. The van der Waals surface area contributed by atoms with Crippen molar-refractivity contribution in [3.05, 3.63) is 48.6 Å². The van der Waals surface area contributed by atoms with E-state index in [2.05, 4.69) is 55.6 Å². The molecular formula is C65H126N2O6P+. The van der Waals surface area contributed by atoms with E-state index in [1.165, 1.54) is 238 Å². The molecule has 8 nitrogen and oxygen atoms in total. The lowest BCUT2D eigenvalue weighted by Crippen LogP contribution is -2.45. The fraction of sp³-hybridized carbons (Fsp3) is 0.862. The third-order valence-corrected chi connectivity index (χ3v) is 15.5. The van der Waals surface area contributed by atoms with Crippen LogP contribution in [-0.2, 0) is 18.4 Å². The van der Waals surface area contributed by atoms with Crippen LogP contribution in [0.25, 0.3) is 0 Å². The van der Waals surface area contributed by atoms with Crippen molar-refractivity contribution in [2.24, 2.45) is 0 Å². The van der Waals surface area contributed by atoms with Crippen molar-refractivity contribution in [1.82, 2.24) is 5.32 Å². The van der Waals surface area contributed by atoms with Crippen molar-refractivity contribution in [3.63, 3.8) is 0 Å². The first-order valence-corrected chi connectivity index (χ1v) is 33.5. The van der Waals surface area contributed by atoms with Gasteiger partial charge in [0, 0.05) is 6.42 Å². The highest BCUT2D eigenvalue weighted by atomic mass is 31.2. The van der Waals surface area contributed by atoms with Gasteiger partial charge in [-0.1, -0.05) is 294 Å². The first-order valence-electron chi connectivity index (χ1n) is 32.0. The summed E-state index contributed by atoms with van der Waals surface area (Å²) in [6.07, 6.45) is 75.1. The van der Waals surface area contributed by atoms with Crippen LogP contribution in [0.1, 0.15) is 309 Å². The summed E-state index contributed by atoms with van der Waals surface area (Å²) in [5.74, 6) is -0.173. The zero-order valence-electron chi connectivity index (χ0n) is 49.8. The Kier molecular flexibility index (Phi) is 55.0. The van der Waals surface area contributed by atoms with Gasteiger partial charge in [-0.05, 0) is 57.8 Å². The summed E-state index contributed by atoms with van der Waals surface area (Å²) in [5, 5.41) is 14.0. The van der Waals surface area contributed by atoms with Gasteiger partial charge in [0.2, 0.25) is 5.91 Å². The second kappa shape index (κ2) is 56.2. The normalized spacial score (nSPS) is 14.1. The number of amides is 1. The molecule has 1 amide bonds. The minimum Gasteiger partial charge on any atom is -0.387 e. The van der Waals surface area contributed by atoms with Crippen LogP contribution in [0.3, 0.4) is 0 Å². The fourth-order valence-corrected chi connectivity index (χ4v) is 10.3. The second-order valence-electron chi connectivity index (χ2n) is 23.1. The summed E-state index contributed by atoms with van der Waals surface area (Å²) in [6.45, 7) is 4.84. The Balaban J connectivity index is 4.06. The van der Waals surface area contributed by atoms with Crippen molar-refractivity contribution in [1.29, 1.82) is 0 Å². The number of nitrogens with zero attached hydrogens (tertiary/aromatic N) is 1. The molecule has 0 aliphatic rings. The highest BCUT2D eigenvalue weighted by Gasteiger charge is 2.28. The molecule has 3 N–H and O–H groups in total. The maximum atomic E-state index is 13.0. The van der Waals surface area contributed by atoms with E-state index in [4.69, 9.17) is 9.05 Å². The monoisotopic (exact) mass is 1060 g/mol. The minimum atomic E-state index is -4.35. The topological polar surface area (TPSA) is 105 Å². The number of likely N-dealkylation sites (N-methyl/N-ethyl adjacent to an activating group) is 1. The average Bonchev–Trinajstić information content (AvgIpc) is 3.36. The largest absolute Gasteiger partial charge is 0.472 e. The molecule has 9 heteroatoms. The lowest BCUT2D eigenvalue weighted by atomic mass is 10.0. The van der Waals surface area contributed by atoms with Gasteiger partial charge in [0.25, 0.3) is 0 Å². The summed E-state index contributed by atoms with van der Waals surface area (Å²) >= 11 is 0. The summed E-state index contributed by atoms with van der Waals surface area (Å²) in [5.41, 5.74) is 0. The van der Waals surface area contributed by atoms with Gasteiger partial charge in [0.1, 0.15) is 13.2 Å². The van der Waals surface area contributed by atoms with E-state index >= 15 is 0 Å². The van der Waals surface area contributed by atoms with Gasteiger partial charge in [-0.25, -0.2) is 4.57 Å². The standard InChI is InChI=1S/C65H125N2O6P/c1-6-8-10-12-14-16-18-20-22-24-26-27-28-29-30-31-32-33-34-35-36-37-38-39-41-43-45-47-49-51-53-55-57-59-65(69)66-63(62-73-74(70,71)72-61-60-67(3,4)5)64(68)58-56-54-52-50-48-46-44-42-40-25-23-21-19-17-15-13-11-9-7-2/h18,20,24,26,28-29,56,58,63-64,68H,6-17,19,21-23,25,27,30-55,57,59-62H2,1-5H3,(H-,66,69,70,71)/p+1/b20-18-,26-24-,29-28-,58-56+. The van der Waals surface area contributed by atoms with Gasteiger partial charge in [0.05, 0.1) is 39.9 Å². The molecule has 0 saturated heterocycles. The number of hydrogen-bond acceptors (Lipinski definition) is 5. The molecule has 0 aliphatic heterocycles. The lowest BCUT2D eigenvalue weighted by molar-refractivity contribution is -0.870. The number of aliphatic hydroxyl groups is 1. The number of nitrogens with one attached hydrogen (secondary N) is 1. The molecule has 0 rings (SSSR count). The third kappa shape index (κ3) is 58.1. The van der Waals surface area contributed by atoms with Crippen molar-refractivity contribution in [2.45, 2.75) is 321 Å². The number of hydrogen-bond donors (Lipinski definition) is 3. The van der Waals surface area contributed by atoms with Crippen LogP contribution in [-0.4, -0.2) is 73.4 Å². The average molecular weight is 1060 g/mol. The highest BCUT2D eigenvalue weighted by molar-refractivity contribution is 7.47. The van der Waals surface area contributed by atoms with Crippen LogP contribution in [0.15, 0.2) is 48.6 Å². The number of allylic oxidation sites excluding steroid dienone is 7. The van der Waals surface area contributed by atoms with Gasteiger partial charge in [-0.3, -0.25) is 13.8 Å². The minimum absolute atomic E-state index is 0.0624. The molecule has 0 aromatic rings. The molecular weight excluding hydrogens is 936 g/mol. The van der Waals surface area contributed by atoms with E-state index in [0.29, 0.717) is 17.4 Å². The molecule has 0 bridgehead atoms. The highest BCUT2D eigenvalue weighted by Crippen LogP contribution is 2.43. The van der Waals surface area contributed by atoms with Gasteiger partial charge in [0.15, 0.2) is 0 Å². The number of carbonyl (C=O) groups excluding carboxylic acids is 1. The van der Waals surface area contributed by atoms with Crippen molar-refractivity contribution >= 4 is 13.7 Å². The van der Waals surface area contributed by atoms with Crippen molar-refractivity contribution in [3.8, 4) is 0 Å². The van der Waals surface area contributed by atoms with E-state index < -0.39 is 20.0 Å².